The summed E-state index contributed by atoms with van der Waals surface area (Å²) in [6.45, 7) is 2.10. The molecular formula is C25H18ClFN4O2. The van der Waals surface area contributed by atoms with Crippen LogP contribution >= 0.6 is 11.6 Å². The molecule has 2 heterocycles. The fourth-order valence-corrected chi connectivity index (χ4v) is 3.61. The zero-order valence-electron chi connectivity index (χ0n) is 17.5. The highest BCUT2D eigenvalue weighted by Crippen LogP contribution is 2.27. The van der Waals surface area contributed by atoms with E-state index in [0.717, 1.165) is 12.1 Å². The number of amides is 1. The van der Waals surface area contributed by atoms with Crippen molar-refractivity contribution in [1.29, 1.82) is 0 Å². The second-order valence-corrected chi connectivity index (χ2v) is 7.87. The minimum Gasteiger partial charge on any atom is -0.451 e. The van der Waals surface area contributed by atoms with Crippen LogP contribution in [0.4, 0.5) is 10.1 Å². The lowest BCUT2D eigenvalue weighted by molar-refractivity contribution is 0.0997. The van der Waals surface area contributed by atoms with Crippen molar-refractivity contribution in [3.05, 3.63) is 95.0 Å². The van der Waals surface area contributed by atoms with Crippen molar-refractivity contribution in [2.75, 3.05) is 5.32 Å². The van der Waals surface area contributed by atoms with E-state index in [1.54, 1.807) is 35.1 Å². The highest BCUT2D eigenvalue weighted by Gasteiger charge is 2.14. The summed E-state index contributed by atoms with van der Waals surface area (Å²) >= 11 is 5.83. The molecule has 0 bridgehead atoms. The van der Waals surface area contributed by atoms with Gasteiger partial charge < -0.3 is 9.73 Å². The molecule has 3 aromatic carbocycles. The first kappa shape index (κ1) is 20.9. The molecule has 33 heavy (non-hydrogen) atoms. The normalized spacial score (nSPS) is 11.1. The van der Waals surface area contributed by atoms with Crippen LogP contribution in [0.2, 0.25) is 5.02 Å². The summed E-state index contributed by atoms with van der Waals surface area (Å²) < 4.78 is 19.0. The van der Waals surface area contributed by atoms with Crippen LogP contribution in [0.15, 0.2) is 77.2 Å². The maximum Gasteiger partial charge on any atom is 0.291 e. The number of furan rings is 1. The van der Waals surface area contributed by atoms with Gasteiger partial charge in [-0.1, -0.05) is 30.7 Å². The molecule has 0 radical (unpaired) electrons. The van der Waals surface area contributed by atoms with Gasteiger partial charge >= 0.3 is 0 Å². The lowest BCUT2D eigenvalue weighted by Crippen LogP contribution is -2.10. The molecule has 0 saturated heterocycles. The summed E-state index contributed by atoms with van der Waals surface area (Å²) in [7, 11) is 0. The maximum absolute atomic E-state index is 13.4. The van der Waals surface area contributed by atoms with Gasteiger partial charge in [0.2, 0.25) is 0 Å². The van der Waals surface area contributed by atoms with Gasteiger partial charge in [-0.15, -0.1) is 10.2 Å². The number of halogens is 2. The molecular weight excluding hydrogens is 443 g/mol. The zero-order valence-corrected chi connectivity index (χ0v) is 18.3. The summed E-state index contributed by atoms with van der Waals surface area (Å²) in [5, 5.41) is 11.8. The third-order valence-corrected chi connectivity index (χ3v) is 5.54. The van der Waals surface area contributed by atoms with Crippen molar-refractivity contribution in [1.82, 2.24) is 15.0 Å². The van der Waals surface area contributed by atoms with Crippen LogP contribution in [-0.2, 0) is 6.42 Å². The van der Waals surface area contributed by atoms with Crippen molar-refractivity contribution in [2.45, 2.75) is 13.3 Å². The lowest BCUT2D eigenvalue weighted by Gasteiger charge is -2.03. The zero-order chi connectivity index (χ0) is 22.9. The fraction of sp³-hybridized carbons (Fsp3) is 0.0800. The number of rotatable bonds is 5. The molecule has 0 aliphatic heterocycles. The molecule has 1 N–H and O–H groups in total. The third-order valence-electron chi connectivity index (χ3n) is 5.25. The van der Waals surface area contributed by atoms with Crippen LogP contribution < -0.4 is 5.32 Å². The first-order valence-electron chi connectivity index (χ1n) is 10.3. The van der Waals surface area contributed by atoms with Crippen molar-refractivity contribution >= 4 is 34.2 Å². The van der Waals surface area contributed by atoms with Gasteiger partial charge in [-0.2, -0.15) is 4.80 Å². The number of benzene rings is 3. The summed E-state index contributed by atoms with van der Waals surface area (Å²) in [6, 6.07) is 20.8. The van der Waals surface area contributed by atoms with E-state index in [4.69, 9.17) is 16.0 Å². The first-order chi connectivity index (χ1) is 16.0. The minimum absolute atomic E-state index is 0.0162. The molecule has 0 atom stereocenters. The van der Waals surface area contributed by atoms with E-state index in [9.17, 15) is 9.18 Å². The Morgan fingerprint density at radius 1 is 1.00 bits per heavy atom. The highest BCUT2D eigenvalue weighted by molar-refractivity contribution is 6.31. The average molecular weight is 461 g/mol. The highest BCUT2D eigenvalue weighted by atomic mass is 35.5. The van der Waals surface area contributed by atoms with Gasteiger partial charge in [0.25, 0.3) is 5.91 Å². The second-order valence-electron chi connectivity index (χ2n) is 7.46. The number of nitrogens with zero attached hydrogens (tertiary/aromatic N) is 3. The molecule has 0 aliphatic rings. The molecule has 6 nitrogen and oxygen atoms in total. The Balaban J connectivity index is 1.35. The molecule has 5 aromatic rings. The number of aryl methyl sites for hydroxylation is 1. The lowest BCUT2D eigenvalue weighted by atomic mass is 10.2. The van der Waals surface area contributed by atoms with Crippen LogP contribution in [0.3, 0.4) is 0 Å². The maximum atomic E-state index is 13.4. The van der Waals surface area contributed by atoms with Gasteiger partial charge in [0.15, 0.2) is 5.76 Å². The number of hydrogen-bond acceptors (Lipinski definition) is 4. The Labute approximate surface area is 193 Å². The number of aromatic nitrogens is 3. The van der Waals surface area contributed by atoms with Crippen LogP contribution in [0, 0.1) is 5.82 Å². The van der Waals surface area contributed by atoms with Crippen molar-refractivity contribution in [2.24, 2.45) is 0 Å². The Morgan fingerprint density at radius 2 is 1.79 bits per heavy atom. The SMILES string of the molecule is CCc1ccc(-n2nc3ccc(NC(=O)c4ccc(-c5ccc(F)c(Cl)c5)o4)cc3n2)cc1. The van der Waals surface area contributed by atoms with Gasteiger partial charge in [-0.05, 0) is 72.6 Å². The monoisotopic (exact) mass is 460 g/mol. The van der Waals surface area contributed by atoms with E-state index >= 15 is 0 Å². The topological polar surface area (TPSA) is 73.0 Å². The Hall–Kier alpha value is -3.97. The first-order valence-corrected chi connectivity index (χ1v) is 10.7. The summed E-state index contributed by atoms with van der Waals surface area (Å²) in [4.78, 5) is 14.2. The number of anilines is 1. The average Bonchev–Trinajstić information content (AvgIpc) is 3.48. The van der Waals surface area contributed by atoms with Crippen LogP contribution in [0.1, 0.15) is 23.0 Å². The summed E-state index contributed by atoms with van der Waals surface area (Å²) in [5.41, 5.74) is 4.59. The van der Waals surface area contributed by atoms with E-state index < -0.39 is 11.7 Å². The molecule has 2 aromatic heterocycles. The van der Waals surface area contributed by atoms with Crippen molar-refractivity contribution < 1.29 is 13.6 Å². The van der Waals surface area contributed by atoms with Gasteiger partial charge in [-0.3, -0.25) is 4.79 Å². The summed E-state index contributed by atoms with van der Waals surface area (Å²) in [5.74, 6) is -0.411. The fourth-order valence-electron chi connectivity index (χ4n) is 3.43. The number of carbonyl (C=O) groups excluding carboxylic acids is 1. The van der Waals surface area contributed by atoms with Crippen molar-refractivity contribution in [3.8, 4) is 17.0 Å². The van der Waals surface area contributed by atoms with Crippen LogP contribution in [-0.4, -0.2) is 20.9 Å². The largest absolute Gasteiger partial charge is 0.451 e. The predicted molar refractivity (Wildman–Crippen MR) is 125 cm³/mol. The van der Waals surface area contributed by atoms with Crippen LogP contribution in [0.25, 0.3) is 28.0 Å². The minimum atomic E-state index is -0.518. The predicted octanol–water partition coefficient (Wildman–Crippen LogP) is 6.29. The Kier molecular flexibility index (Phi) is 5.40. The van der Waals surface area contributed by atoms with Crippen LogP contribution in [0.5, 0.6) is 0 Å². The van der Waals surface area contributed by atoms with E-state index in [0.29, 0.717) is 28.0 Å². The smallest absolute Gasteiger partial charge is 0.291 e. The van der Waals surface area contributed by atoms with Gasteiger partial charge in [0.05, 0.1) is 10.7 Å². The van der Waals surface area contributed by atoms with E-state index in [-0.39, 0.29) is 10.8 Å². The molecule has 0 aliphatic carbocycles. The molecule has 8 heteroatoms. The van der Waals surface area contributed by atoms with Gasteiger partial charge in [-0.25, -0.2) is 4.39 Å². The standard InChI is InChI=1S/C25H18ClFN4O2/c1-2-15-3-7-18(8-4-15)31-29-21-10-6-17(14-22(21)30-31)28-25(32)24-12-11-23(33-24)16-5-9-20(27)19(26)13-16/h3-14H,2H2,1H3,(H,28,32). The van der Waals surface area contributed by atoms with Gasteiger partial charge in [0, 0.05) is 11.3 Å². The number of nitrogens with one attached hydrogen (secondary N) is 1. The quantitative estimate of drug-likeness (QED) is 0.334. The van der Waals surface area contributed by atoms with Crippen molar-refractivity contribution in [3.63, 3.8) is 0 Å². The second kappa shape index (κ2) is 8.52. The Bertz CT molecular complexity index is 1470. The molecule has 5 rings (SSSR count). The molecule has 0 saturated carbocycles. The number of hydrogen-bond donors (Lipinski definition) is 1. The molecule has 0 spiro atoms. The van der Waals surface area contributed by atoms with Gasteiger partial charge in [0.1, 0.15) is 22.6 Å². The van der Waals surface area contributed by atoms with E-state index in [2.05, 4.69) is 22.4 Å². The Morgan fingerprint density at radius 3 is 2.55 bits per heavy atom. The third kappa shape index (κ3) is 4.23. The molecule has 0 unspecified atom stereocenters. The number of fused-ring (bicyclic) bond motifs is 1. The van der Waals surface area contributed by atoms with E-state index in [1.165, 1.54) is 23.8 Å². The molecule has 1 amide bonds. The summed E-state index contributed by atoms with van der Waals surface area (Å²) in [6.07, 6.45) is 0.965. The molecule has 164 valence electrons. The molecule has 0 fully saturated rings. The van der Waals surface area contributed by atoms with E-state index in [1.807, 2.05) is 24.3 Å². The number of carbonyl (C=O) groups is 1.